The van der Waals surface area contributed by atoms with Crippen LogP contribution >= 0.6 is 0 Å². The maximum atomic E-state index is 4.74. The first-order valence-electron chi connectivity index (χ1n) is 8.49. The Hall–Kier alpha value is -2.47. The van der Waals surface area contributed by atoms with E-state index >= 15 is 0 Å². The van der Waals surface area contributed by atoms with Crippen molar-refractivity contribution in [1.29, 1.82) is 0 Å². The molecular weight excluding hydrogens is 300 g/mol. The Balaban J connectivity index is 1.40. The Bertz CT molecular complexity index is 814. The average molecular weight is 320 g/mol. The number of anilines is 3. The molecule has 0 amide bonds. The number of nitrogens with zero attached hydrogens (tertiary/aromatic N) is 4. The second-order valence-corrected chi connectivity index (χ2v) is 6.90. The molecule has 2 bridgehead atoms. The van der Waals surface area contributed by atoms with Crippen LogP contribution in [0.5, 0.6) is 0 Å². The van der Waals surface area contributed by atoms with Crippen molar-refractivity contribution in [3.8, 4) is 0 Å². The Morgan fingerprint density at radius 3 is 2.83 bits per heavy atom. The quantitative estimate of drug-likeness (QED) is 0.906. The summed E-state index contributed by atoms with van der Waals surface area (Å²) in [4.78, 5) is 16.0. The first-order valence-corrected chi connectivity index (χ1v) is 8.49. The second-order valence-electron chi connectivity index (χ2n) is 6.90. The molecule has 1 aromatic carbocycles. The third-order valence-corrected chi connectivity index (χ3v) is 4.96. The van der Waals surface area contributed by atoms with Crippen LogP contribution in [-0.2, 0) is 6.54 Å². The highest BCUT2D eigenvalue weighted by Gasteiger charge is 2.37. The van der Waals surface area contributed by atoms with Crippen molar-refractivity contribution in [3.63, 3.8) is 0 Å². The summed E-state index contributed by atoms with van der Waals surface area (Å²) in [6, 6.07) is 9.53. The minimum atomic E-state index is 0.597. The van der Waals surface area contributed by atoms with Gasteiger partial charge in [-0.15, -0.1) is 0 Å². The SMILES string of the molecule is Cc1cc(Nc2ccc3c(c2)C=NC3)nc(N2CC3CC(C2)N3)n1. The van der Waals surface area contributed by atoms with Crippen LogP contribution in [-0.4, -0.2) is 41.4 Å². The van der Waals surface area contributed by atoms with E-state index in [1.807, 2.05) is 19.2 Å². The smallest absolute Gasteiger partial charge is 0.227 e. The summed E-state index contributed by atoms with van der Waals surface area (Å²) in [5.41, 5.74) is 4.49. The maximum absolute atomic E-state index is 4.74. The van der Waals surface area contributed by atoms with Crippen LogP contribution in [0.3, 0.4) is 0 Å². The summed E-state index contributed by atoms with van der Waals surface area (Å²) in [6.45, 7) is 4.80. The van der Waals surface area contributed by atoms with Gasteiger partial charge in [-0.2, -0.15) is 4.98 Å². The molecule has 2 N–H and O–H groups in total. The molecule has 6 nitrogen and oxygen atoms in total. The largest absolute Gasteiger partial charge is 0.340 e. The lowest BCUT2D eigenvalue weighted by atomic mass is 9.92. The van der Waals surface area contributed by atoms with Crippen molar-refractivity contribution in [1.82, 2.24) is 15.3 Å². The molecule has 3 fully saturated rings. The van der Waals surface area contributed by atoms with Crippen molar-refractivity contribution in [2.45, 2.75) is 32.0 Å². The van der Waals surface area contributed by atoms with E-state index in [1.54, 1.807) is 0 Å². The summed E-state index contributed by atoms with van der Waals surface area (Å²) in [6.07, 6.45) is 3.22. The summed E-state index contributed by atoms with van der Waals surface area (Å²) in [5, 5.41) is 6.97. The van der Waals surface area contributed by atoms with E-state index in [1.165, 1.54) is 17.5 Å². The average Bonchev–Trinajstić information content (AvgIpc) is 3.01. The van der Waals surface area contributed by atoms with Crippen molar-refractivity contribution in [2.24, 2.45) is 4.99 Å². The molecule has 4 aliphatic heterocycles. The molecule has 0 radical (unpaired) electrons. The second kappa shape index (κ2) is 5.27. The maximum Gasteiger partial charge on any atom is 0.227 e. The highest BCUT2D eigenvalue weighted by atomic mass is 15.3. The van der Waals surface area contributed by atoms with Gasteiger partial charge in [0.1, 0.15) is 5.82 Å². The molecule has 0 spiro atoms. The lowest BCUT2D eigenvalue weighted by Crippen LogP contribution is -2.67. The lowest BCUT2D eigenvalue weighted by Gasteiger charge is -2.48. The number of aryl methyl sites for hydroxylation is 1. The molecule has 0 saturated carbocycles. The van der Waals surface area contributed by atoms with Crippen LogP contribution in [0.15, 0.2) is 29.3 Å². The zero-order chi connectivity index (χ0) is 16.1. The van der Waals surface area contributed by atoms with E-state index in [2.05, 4.69) is 43.7 Å². The van der Waals surface area contributed by atoms with Crippen LogP contribution in [0.1, 0.15) is 23.2 Å². The van der Waals surface area contributed by atoms with Gasteiger partial charge in [0.2, 0.25) is 5.95 Å². The van der Waals surface area contributed by atoms with Crippen molar-refractivity contribution >= 4 is 23.7 Å². The van der Waals surface area contributed by atoms with Gasteiger partial charge in [0.15, 0.2) is 0 Å². The number of piperazine rings is 1. The topological polar surface area (TPSA) is 65.4 Å². The van der Waals surface area contributed by atoms with Crippen LogP contribution in [0, 0.1) is 6.92 Å². The molecule has 1 aromatic heterocycles. The minimum absolute atomic E-state index is 0.597. The van der Waals surface area contributed by atoms with Gasteiger partial charge in [-0.1, -0.05) is 6.07 Å². The van der Waals surface area contributed by atoms with Gasteiger partial charge in [0, 0.05) is 48.8 Å². The lowest BCUT2D eigenvalue weighted by molar-refractivity contribution is 0.224. The van der Waals surface area contributed by atoms with Crippen molar-refractivity contribution < 1.29 is 0 Å². The third-order valence-electron chi connectivity index (χ3n) is 4.96. The molecule has 4 aliphatic rings. The fourth-order valence-corrected chi connectivity index (χ4v) is 3.76. The Labute approximate surface area is 141 Å². The van der Waals surface area contributed by atoms with E-state index in [0.717, 1.165) is 42.8 Å². The van der Waals surface area contributed by atoms with Gasteiger partial charge in [0.05, 0.1) is 6.54 Å². The molecule has 3 saturated heterocycles. The van der Waals surface area contributed by atoms with Crippen molar-refractivity contribution in [3.05, 3.63) is 41.1 Å². The molecule has 122 valence electrons. The monoisotopic (exact) mass is 320 g/mol. The number of hydrogen-bond acceptors (Lipinski definition) is 6. The van der Waals surface area contributed by atoms with Crippen LogP contribution in [0.25, 0.3) is 0 Å². The number of fused-ring (bicyclic) bond motifs is 3. The molecule has 6 rings (SSSR count). The number of benzene rings is 1. The van der Waals surface area contributed by atoms with Gasteiger partial charge in [-0.3, -0.25) is 4.99 Å². The fraction of sp³-hybridized carbons (Fsp3) is 0.389. The molecule has 6 heteroatoms. The highest BCUT2D eigenvalue weighted by Crippen LogP contribution is 2.26. The molecule has 0 aliphatic carbocycles. The number of nitrogens with one attached hydrogen (secondary N) is 2. The van der Waals surface area contributed by atoms with Crippen LogP contribution < -0.4 is 15.5 Å². The fourth-order valence-electron chi connectivity index (χ4n) is 3.76. The van der Waals surface area contributed by atoms with Gasteiger partial charge in [-0.25, -0.2) is 4.98 Å². The molecule has 2 unspecified atom stereocenters. The first kappa shape index (κ1) is 13.9. The predicted molar refractivity (Wildman–Crippen MR) is 95.3 cm³/mol. The standard InChI is InChI=1S/C18H20N6/c1-11-4-17(22-14-3-2-12-7-19-8-13(12)5-14)23-18(20-11)24-9-15-6-16(10-24)21-15/h2-5,8,15-16,21H,6-7,9-10H2,1H3,(H,20,22,23). The van der Waals surface area contributed by atoms with E-state index in [4.69, 9.17) is 4.98 Å². The number of hydrogen-bond donors (Lipinski definition) is 2. The predicted octanol–water partition coefficient (Wildman–Crippen LogP) is 2.01. The third kappa shape index (κ3) is 2.43. The molecule has 2 aromatic rings. The summed E-state index contributed by atoms with van der Waals surface area (Å²) >= 11 is 0. The number of rotatable bonds is 3. The Morgan fingerprint density at radius 2 is 2.00 bits per heavy atom. The van der Waals surface area contributed by atoms with Gasteiger partial charge < -0.3 is 15.5 Å². The zero-order valence-corrected chi connectivity index (χ0v) is 13.7. The number of piperidine rings is 1. The summed E-state index contributed by atoms with van der Waals surface area (Å²) < 4.78 is 0. The molecule has 5 heterocycles. The van der Waals surface area contributed by atoms with E-state index < -0.39 is 0 Å². The van der Waals surface area contributed by atoms with Gasteiger partial charge in [-0.05, 0) is 36.6 Å². The zero-order valence-electron chi connectivity index (χ0n) is 13.7. The normalized spacial score (nSPS) is 23.8. The van der Waals surface area contributed by atoms with Crippen molar-refractivity contribution in [2.75, 3.05) is 23.3 Å². The molecule has 2 atom stereocenters. The minimum Gasteiger partial charge on any atom is -0.340 e. The summed E-state index contributed by atoms with van der Waals surface area (Å²) in [7, 11) is 0. The highest BCUT2D eigenvalue weighted by molar-refractivity contribution is 5.86. The molecule has 24 heavy (non-hydrogen) atoms. The van der Waals surface area contributed by atoms with E-state index in [9.17, 15) is 0 Å². The summed E-state index contributed by atoms with van der Waals surface area (Å²) in [5.74, 6) is 1.68. The van der Waals surface area contributed by atoms with E-state index in [0.29, 0.717) is 12.1 Å². The van der Waals surface area contributed by atoms with E-state index in [-0.39, 0.29) is 0 Å². The number of aromatic nitrogens is 2. The Kier molecular flexibility index (Phi) is 3.06. The van der Waals surface area contributed by atoms with Gasteiger partial charge >= 0.3 is 0 Å². The van der Waals surface area contributed by atoms with Gasteiger partial charge in [0.25, 0.3) is 0 Å². The Morgan fingerprint density at radius 1 is 1.17 bits per heavy atom. The van der Waals surface area contributed by atoms with Crippen LogP contribution in [0.2, 0.25) is 0 Å². The number of aliphatic imine (C=N–C) groups is 1. The van der Waals surface area contributed by atoms with Crippen LogP contribution in [0.4, 0.5) is 17.5 Å². The molecular formula is C18H20N6. The first-order chi connectivity index (χ1) is 11.7.